The molecule has 1 heteroatoms. The highest BCUT2D eigenvalue weighted by molar-refractivity contribution is 6.31. The fourth-order valence-electron chi connectivity index (χ4n) is 1.76. The first kappa shape index (κ1) is 14.3. The second kappa shape index (κ2) is 6.86. The lowest BCUT2D eigenvalue weighted by molar-refractivity contribution is 0.901. The minimum absolute atomic E-state index is 0.943. The predicted octanol–water partition coefficient (Wildman–Crippen LogP) is 5.91. The van der Waals surface area contributed by atoms with Gasteiger partial charge < -0.3 is 0 Å². The molecule has 0 aromatic carbocycles. The Hall–Kier alpha value is -0.750. The molecular formula is C16H23Cl. The summed E-state index contributed by atoms with van der Waals surface area (Å²) in [5.74, 6) is 0. The van der Waals surface area contributed by atoms with Crippen LogP contribution in [0, 0.1) is 0 Å². The fraction of sp³-hybridized carbons (Fsp3) is 0.500. The van der Waals surface area contributed by atoms with Gasteiger partial charge in [0.15, 0.2) is 0 Å². The quantitative estimate of drug-likeness (QED) is 0.501. The molecule has 0 saturated heterocycles. The third-order valence-corrected chi connectivity index (χ3v) is 3.67. The van der Waals surface area contributed by atoms with Crippen molar-refractivity contribution in [3.8, 4) is 0 Å². The molecule has 0 atom stereocenters. The molecule has 0 heterocycles. The largest absolute Gasteiger partial charge is 0.0844 e. The average Bonchev–Trinajstić information content (AvgIpc) is 2.29. The van der Waals surface area contributed by atoms with E-state index in [0.29, 0.717) is 0 Å². The fourth-order valence-corrected chi connectivity index (χ4v) is 2.04. The van der Waals surface area contributed by atoms with Gasteiger partial charge in [0.1, 0.15) is 0 Å². The number of allylic oxidation sites excluding steroid dienone is 8. The van der Waals surface area contributed by atoms with Gasteiger partial charge in [-0.15, -0.1) is 0 Å². The molecule has 0 spiro atoms. The standard InChI is InChI=1S/C8H11Cl.C8H12/c1-6-3-4-7(2)8(9)5-6;1-7-3-5-8(2)6-4-7/h5H,3-4H2,1-2H3;3,5H,4,6H2,1-2H3. The van der Waals surface area contributed by atoms with E-state index in [1.807, 2.05) is 0 Å². The maximum atomic E-state index is 5.87. The van der Waals surface area contributed by atoms with E-state index < -0.39 is 0 Å². The Morgan fingerprint density at radius 2 is 1.24 bits per heavy atom. The number of halogens is 1. The van der Waals surface area contributed by atoms with Crippen molar-refractivity contribution in [3.63, 3.8) is 0 Å². The molecule has 0 unspecified atom stereocenters. The van der Waals surface area contributed by atoms with Crippen LogP contribution in [0.1, 0.15) is 53.4 Å². The monoisotopic (exact) mass is 250 g/mol. The van der Waals surface area contributed by atoms with Crippen LogP contribution in [0.25, 0.3) is 0 Å². The molecule has 2 rings (SSSR count). The molecule has 0 fully saturated rings. The molecule has 0 amide bonds. The number of hydrogen-bond acceptors (Lipinski definition) is 0. The second-order valence-electron chi connectivity index (χ2n) is 5.14. The van der Waals surface area contributed by atoms with Gasteiger partial charge in [-0.25, -0.2) is 0 Å². The molecule has 2 aliphatic rings. The van der Waals surface area contributed by atoms with Gasteiger partial charge in [0.2, 0.25) is 0 Å². The molecule has 0 nitrogen and oxygen atoms in total. The molecule has 0 aromatic rings. The summed E-state index contributed by atoms with van der Waals surface area (Å²) < 4.78 is 0. The summed E-state index contributed by atoms with van der Waals surface area (Å²) in [5.41, 5.74) is 5.74. The summed E-state index contributed by atoms with van der Waals surface area (Å²) in [4.78, 5) is 0. The summed E-state index contributed by atoms with van der Waals surface area (Å²) in [6, 6.07) is 0. The van der Waals surface area contributed by atoms with Gasteiger partial charge >= 0.3 is 0 Å². The Balaban J connectivity index is 0.000000171. The molecule has 0 radical (unpaired) electrons. The van der Waals surface area contributed by atoms with E-state index in [2.05, 4.69) is 45.9 Å². The molecule has 0 bridgehead atoms. The summed E-state index contributed by atoms with van der Waals surface area (Å²) in [6.45, 7) is 8.58. The molecule has 0 saturated carbocycles. The molecular weight excluding hydrogens is 228 g/mol. The smallest absolute Gasteiger partial charge is 0.0394 e. The highest BCUT2D eigenvalue weighted by Crippen LogP contribution is 2.25. The third-order valence-electron chi connectivity index (χ3n) is 3.24. The minimum atomic E-state index is 0.943. The van der Waals surface area contributed by atoms with Gasteiger partial charge in [0, 0.05) is 5.03 Å². The molecule has 0 aliphatic heterocycles. The van der Waals surface area contributed by atoms with Gasteiger partial charge in [0.05, 0.1) is 0 Å². The zero-order chi connectivity index (χ0) is 12.8. The van der Waals surface area contributed by atoms with Crippen LogP contribution in [0.2, 0.25) is 0 Å². The lowest BCUT2D eigenvalue weighted by atomic mass is 10.0. The topological polar surface area (TPSA) is 0 Å². The molecule has 0 N–H and O–H groups in total. The van der Waals surface area contributed by atoms with Gasteiger partial charge in [-0.1, -0.05) is 46.0 Å². The van der Waals surface area contributed by atoms with Crippen LogP contribution in [-0.4, -0.2) is 0 Å². The van der Waals surface area contributed by atoms with Crippen LogP contribution >= 0.6 is 11.6 Å². The summed E-state index contributed by atoms with van der Waals surface area (Å²) in [5, 5.41) is 0.943. The summed E-state index contributed by atoms with van der Waals surface area (Å²) >= 11 is 5.87. The van der Waals surface area contributed by atoms with Crippen molar-refractivity contribution in [3.05, 3.63) is 45.6 Å². The van der Waals surface area contributed by atoms with Crippen molar-refractivity contribution in [2.75, 3.05) is 0 Å². The van der Waals surface area contributed by atoms with Crippen molar-refractivity contribution in [1.29, 1.82) is 0 Å². The van der Waals surface area contributed by atoms with E-state index in [9.17, 15) is 0 Å². The van der Waals surface area contributed by atoms with Crippen molar-refractivity contribution in [1.82, 2.24) is 0 Å². The Labute approximate surface area is 111 Å². The first-order valence-electron chi connectivity index (χ1n) is 6.34. The van der Waals surface area contributed by atoms with Crippen molar-refractivity contribution < 1.29 is 0 Å². The maximum absolute atomic E-state index is 5.87. The van der Waals surface area contributed by atoms with Crippen LogP contribution < -0.4 is 0 Å². The van der Waals surface area contributed by atoms with Gasteiger partial charge in [-0.2, -0.15) is 0 Å². The Bertz CT molecular complexity index is 374. The zero-order valence-corrected chi connectivity index (χ0v) is 12.2. The predicted molar refractivity (Wildman–Crippen MR) is 78.3 cm³/mol. The highest BCUT2D eigenvalue weighted by Gasteiger charge is 2.03. The third kappa shape index (κ3) is 5.41. The van der Waals surface area contributed by atoms with Crippen LogP contribution in [0.3, 0.4) is 0 Å². The first-order chi connectivity index (χ1) is 7.99. The first-order valence-corrected chi connectivity index (χ1v) is 6.72. The summed E-state index contributed by atoms with van der Waals surface area (Å²) in [6.07, 6.45) is 11.3. The SMILES string of the molecule is CC1=CC(Cl)=C(C)CC1.CC1=CC=C(C)CC1. The number of hydrogen-bond donors (Lipinski definition) is 0. The molecule has 2 aliphatic carbocycles. The van der Waals surface area contributed by atoms with Gasteiger partial charge in [0.25, 0.3) is 0 Å². The Morgan fingerprint density at radius 1 is 0.765 bits per heavy atom. The van der Waals surface area contributed by atoms with Crippen molar-refractivity contribution >= 4 is 11.6 Å². The van der Waals surface area contributed by atoms with Crippen LogP contribution in [0.15, 0.2) is 45.6 Å². The average molecular weight is 251 g/mol. The molecule has 94 valence electrons. The Morgan fingerprint density at radius 3 is 1.59 bits per heavy atom. The van der Waals surface area contributed by atoms with Crippen LogP contribution in [-0.2, 0) is 0 Å². The second-order valence-corrected chi connectivity index (χ2v) is 5.55. The minimum Gasteiger partial charge on any atom is -0.0844 e. The number of rotatable bonds is 0. The van der Waals surface area contributed by atoms with Gasteiger partial charge in [-0.3, -0.25) is 0 Å². The van der Waals surface area contributed by atoms with Crippen LogP contribution in [0.4, 0.5) is 0 Å². The van der Waals surface area contributed by atoms with E-state index in [-0.39, 0.29) is 0 Å². The Kier molecular flexibility index (Phi) is 5.77. The lowest BCUT2D eigenvalue weighted by Crippen LogP contribution is -1.89. The molecule has 17 heavy (non-hydrogen) atoms. The van der Waals surface area contributed by atoms with Crippen molar-refractivity contribution in [2.24, 2.45) is 0 Å². The van der Waals surface area contributed by atoms with E-state index >= 15 is 0 Å². The van der Waals surface area contributed by atoms with E-state index in [0.717, 1.165) is 11.5 Å². The molecule has 0 aromatic heterocycles. The van der Waals surface area contributed by atoms with E-state index in [1.54, 1.807) is 0 Å². The van der Waals surface area contributed by atoms with Gasteiger partial charge in [-0.05, 0) is 59.5 Å². The van der Waals surface area contributed by atoms with Crippen molar-refractivity contribution in [2.45, 2.75) is 53.4 Å². The lowest BCUT2D eigenvalue weighted by Gasteiger charge is -2.09. The zero-order valence-electron chi connectivity index (χ0n) is 11.4. The van der Waals surface area contributed by atoms with E-state index in [4.69, 9.17) is 11.6 Å². The maximum Gasteiger partial charge on any atom is 0.0394 e. The normalized spacial score (nSPS) is 19.9. The summed E-state index contributed by atoms with van der Waals surface area (Å²) in [7, 11) is 0. The van der Waals surface area contributed by atoms with E-state index in [1.165, 1.54) is 41.6 Å². The highest BCUT2D eigenvalue weighted by atomic mass is 35.5. The van der Waals surface area contributed by atoms with Crippen LogP contribution in [0.5, 0.6) is 0 Å².